The molecule has 44 heavy (non-hydrogen) atoms. The van der Waals surface area contributed by atoms with Gasteiger partial charge in [0, 0.05) is 26.2 Å². The Morgan fingerprint density at radius 3 is 2.50 bits per heavy atom. The van der Waals surface area contributed by atoms with Crippen molar-refractivity contribution in [2.75, 3.05) is 21.0 Å². The number of fused-ring (bicyclic) bond motifs is 2. The maximum atomic E-state index is 13.6. The van der Waals surface area contributed by atoms with Crippen LogP contribution in [0.3, 0.4) is 0 Å². The SMILES string of the molecule is COc1ccc(OC)c2c(-c3ccccc3Cl)c(C(=O)NN=Cc3cc(Br)ccc3OC(=O)c3ccc4c(c3)OCO4)[nH]c12. The van der Waals surface area contributed by atoms with Crippen LogP contribution >= 0.6 is 27.5 Å². The summed E-state index contributed by atoms with van der Waals surface area (Å²) < 4.78 is 28.2. The number of halogens is 2. The molecule has 2 N–H and O–H groups in total. The number of aromatic nitrogens is 1. The van der Waals surface area contributed by atoms with Crippen LogP contribution in [0.25, 0.3) is 22.0 Å². The zero-order chi connectivity index (χ0) is 30.8. The van der Waals surface area contributed by atoms with E-state index >= 15 is 0 Å². The molecule has 0 atom stereocenters. The molecule has 6 rings (SSSR count). The van der Waals surface area contributed by atoms with E-state index in [9.17, 15) is 9.59 Å². The van der Waals surface area contributed by atoms with E-state index in [4.69, 9.17) is 35.3 Å². The van der Waals surface area contributed by atoms with Gasteiger partial charge in [0.05, 0.1) is 36.9 Å². The van der Waals surface area contributed by atoms with E-state index < -0.39 is 11.9 Å². The molecule has 1 amide bonds. The standard InChI is InChI=1S/C32H23BrClN3O7/c1-40-24-11-12-25(41-2)29-28(24)27(20-5-3-4-6-21(20)34)30(36-29)31(38)37-35-15-18-13-19(33)8-10-22(18)44-32(39)17-7-9-23-26(14-17)43-16-42-23/h3-15,36H,16H2,1-2H3,(H,37,38). The highest BCUT2D eigenvalue weighted by Crippen LogP contribution is 2.44. The van der Waals surface area contributed by atoms with E-state index in [1.807, 2.05) is 12.1 Å². The Morgan fingerprint density at radius 1 is 0.955 bits per heavy atom. The number of hydrogen-bond acceptors (Lipinski definition) is 8. The van der Waals surface area contributed by atoms with Crippen LogP contribution in [0.1, 0.15) is 26.4 Å². The second-order valence-electron chi connectivity index (χ2n) is 9.41. The Labute approximate surface area is 264 Å². The average Bonchev–Trinajstić information content (AvgIpc) is 3.67. The molecule has 0 aliphatic carbocycles. The first-order chi connectivity index (χ1) is 21.4. The minimum Gasteiger partial charge on any atom is -0.496 e. The topological polar surface area (TPSA) is 120 Å². The first-order valence-electron chi connectivity index (χ1n) is 13.1. The number of H-pyrrole nitrogens is 1. The lowest BCUT2D eigenvalue weighted by Gasteiger charge is -2.10. The fourth-order valence-electron chi connectivity index (χ4n) is 4.80. The van der Waals surface area contributed by atoms with Crippen molar-refractivity contribution in [2.24, 2.45) is 5.10 Å². The van der Waals surface area contributed by atoms with Crippen LogP contribution in [0.2, 0.25) is 5.02 Å². The number of esters is 1. The van der Waals surface area contributed by atoms with E-state index in [0.717, 1.165) is 0 Å². The number of methoxy groups -OCH3 is 2. The quantitative estimate of drug-likeness (QED) is 0.0788. The molecule has 0 unspecified atom stereocenters. The molecule has 1 aliphatic rings. The van der Waals surface area contributed by atoms with Gasteiger partial charge in [-0.15, -0.1) is 0 Å². The Bertz CT molecular complexity index is 1960. The highest BCUT2D eigenvalue weighted by atomic mass is 79.9. The van der Waals surface area contributed by atoms with Gasteiger partial charge in [-0.2, -0.15) is 5.10 Å². The first kappa shape index (κ1) is 29.1. The van der Waals surface area contributed by atoms with Crippen molar-refractivity contribution in [1.82, 2.24) is 10.4 Å². The van der Waals surface area contributed by atoms with Gasteiger partial charge in [-0.1, -0.05) is 45.7 Å². The zero-order valence-electron chi connectivity index (χ0n) is 23.3. The molecule has 0 fully saturated rings. The predicted molar refractivity (Wildman–Crippen MR) is 169 cm³/mol. The molecule has 12 heteroatoms. The summed E-state index contributed by atoms with van der Waals surface area (Å²) in [5.74, 6) is 1.13. The molecule has 1 aliphatic heterocycles. The predicted octanol–water partition coefficient (Wildman–Crippen LogP) is 6.98. The summed E-state index contributed by atoms with van der Waals surface area (Å²) in [4.78, 5) is 29.7. The minimum absolute atomic E-state index is 0.0896. The highest BCUT2D eigenvalue weighted by Gasteiger charge is 2.25. The van der Waals surface area contributed by atoms with Gasteiger partial charge >= 0.3 is 5.97 Å². The summed E-state index contributed by atoms with van der Waals surface area (Å²) in [5.41, 5.74) is 5.16. The third-order valence-corrected chi connectivity index (χ3v) is 7.66. The second-order valence-corrected chi connectivity index (χ2v) is 10.7. The smallest absolute Gasteiger partial charge is 0.343 e. The molecule has 0 saturated carbocycles. The Balaban J connectivity index is 1.31. The summed E-state index contributed by atoms with van der Waals surface area (Å²) in [7, 11) is 3.08. The van der Waals surface area contributed by atoms with Crippen molar-refractivity contribution in [2.45, 2.75) is 0 Å². The fraction of sp³-hybridized carbons (Fsp3) is 0.0938. The summed E-state index contributed by atoms with van der Waals surface area (Å²) in [6.45, 7) is 0.0896. The number of nitrogens with one attached hydrogen (secondary N) is 2. The van der Waals surface area contributed by atoms with Gasteiger partial charge in [-0.05, 0) is 54.6 Å². The number of nitrogens with zero attached hydrogens (tertiary/aromatic N) is 1. The number of benzene rings is 4. The Hall–Kier alpha value is -5.00. The molecule has 222 valence electrons. The van der Waals surface area contributed by atoms with Crippen LogP contribution in [-0.2, 0) is 0 Å². The number of hydrogen-bond donors (Lipinski definition) is 2. The summed E-state index contributed by atoms with van der Waals surface area (Å²) >= 11 is 10.0. The van der Waals surface area contributed by atoms with Gasteiger partial charge in [0.2, 0.25) is 6.79 Å². The number of ether oxygens (including phenoxy) is 5. The van der Waals surface area contributed by atoms with Gasteiger partial charge in [-0.3, -0.25) is 4.79 Å². The van der Waals surface area contributed by atoms with Crippen LogP contribution in [-0.4, -0.2) is 44.1 Å². The van der Waals surface area contributed by atoms with E-state index in [0.29, 0.717) is 60.1 Å². The van der Waals surface area contributed by atoms with Crippen LogP contribution < -0.4 is 29.1 Å². The Morgan fingerprint density at radius 2 is 1.70 bits per heavy atom. The molecule has 5 aromatic rings. The van der Waals surface area contributed by atoms with Crippen molar-refractivity contribution in [3.63, 3.8) is 0 Å². The van der Waals surface area contributed by atoms with Gasteiger partial charge < -0.3 is 28.7 Å². The van der Waals surface area contributed by atoms with Gasteiger partial charge in [-0.25, -0.2) is 10.2 Å². The van der Waals surface area contributed by atoms with Crippen LogP contribution in [0.15, 0.2) is 82.4 Å². The molecule has 0 bridgehead atoms. The molecule has 1 aromatic heterocycles. The molecule has 4 aromatic carbocycles. The first-order valence-corrected chi connectivity index (χ1v) is 14.3. The van der Waals surface area contributed by atoms with Gasteiger partial charge in [0.25, 0.3) is 5.91 Å². The second kappa shape index (κ2) is 12.3. The lowest BCUT2D eigenvalue weighted by Crippen LogP contribution is -2.19. The third kappa shape index (κ3) is 5.54. The van der Waals surface area contributed by atoms with E-state index in [1.54, 1.807) is 67.8 Å². The lowest BCUT2D eigenvalue weighted by molar-refractivity contribution is 0.0733. The van der Waals surface area contributed by atoms with Crippen LogP contribution in [0.5, 0.6) is 28.7 Å². The summed E-state index contributed by atoms with van der Waals surface area (Å²) in [6.07, 6.45) is 1.38. The van der Waals surface area contributed by atoms with Crippen molar-refractivity contribution in [3.05, 3.63) is 99.1 Å². The normalized spacial score (nSPS) is 12.0. The molecule has 2 heterocycles. The number of carbonyl (C=O) groups excluding carboxylic acids is 2. The monoisotopic (exact) mass is 675 g/mol. The van der Waals surface area contributed by atoms with Crippen molar-refractivity contribution < 1.29 is 33.3 Å². The Kier molecular flexibility index (Phi) is 8.14. The molecular weight excluding hydrogens is 654 g/mol. The van der Waals surface area contributed by atoms with E-state index in [-0.39, 0.29) is 23.8 Å². The molecule has 0 radical (unpaired) electrons. The lowest BCUT2D eigenvalue weighted by atomic mass is 10.0. The van der Waals surface area contributed by atoms with E-state index in [2.05, 4.69) is 31.4 Å². The maximum absolute atomic E-state index is 13.6. The number of rotatable bonds is 8. The van der Waals surface area contributed by atoms with E-state index in [1.165, 1.54) is 13.3 Å². The van der Waals surface area contributed by atoms with Gasteiger partial charge in [0.1, 0.15) is 22.9 Å². The van der Waals surface area contributed by atoms with Crippen molar-refractivity contribution >= 4 is 56.5 Å². The zero-order valence-corrected chi connectivity index (χ0v) is 25.6. The number of amides is 1. The van der Waals surface area contributed by atoms with Gasteiger partial charge in [0.15, 0.2) is 11.5 Å². The fourth-order valence-corrected chi connectivity index (χ4v) is 5.41. The third-order valence-electron chi connectivity index (χ3n) is 6.84. The number of carbonyl (C=O) groups is 2. The van der Waals surface area contributed by atoms with Crippen LogP contribution in [0, 0.1) is 0 Å². The molecular formula is C32H23BrClN3O7. The summed E-state index contributed by atoms with van der Waals surface area (Å²) in [6, 6.07) is 20.5. The number of hydrazone groups is 1. The molecule has 0 spiro atoms. The highest BCUT2D eigenvalue weighted by molar-refractivity contribution is 9.10. The average molecular weight is 677 g/mol. The van der Waals surface area contributed by atoms with Crippen molar-refractivity contribution in [3.8, 4) is 39.9 Å². The van der Waals surface area contributed by atoms with Crippen LogP contribution in [0.4, 0.5) is 0 Å². The maximum Gasteiger partial charge on any atom is 0.343 e. The number of aromatic amines is 1. The largest absolute Gasteiger partial charge is 0.496 e. The van der Waals surface area contributed by atoms with Crippen molar-refractivity contribution in [1.29, 1.82) is 0 Å². The minimum atomic E-state index is -0.602. The summed E-state index contributed by atoms with van der Waals surface area (Å²) in [5, 5.41) is 5.24. The molecule has 10 nitrogen and oxygen atoms in total. The molecule has 0 saturated heterocycles.